The Hall–Kier alpha value is -1.58. The van der Waals surface area contributed by atoms with Gasteiger partial charge in [-0.3, -0.25) is 0 Å². The van der Waals surface area contributed by atoms with Gasteiger partial charge in [0.1, 0.15) is 11.6 Å². The molecule has 0 bridgehead atoms. The van der Waals surface area contributed by atoms with E-state index in [4.69, 9.17) is 5.73 Å². The van der Waals surface area contributed by atoms with Crippen LogP contribution in [0.4, 0.5) is 5.82 Å². The first kappa shape index (κ1) is 9.51. The van der Waals surface area contributed by atoms with Gasteiger partial charge in [-0.2, -0.15) is 0 Å². The highest BCUT2D eigenvalue weighted by molar-refractivity contribution is 5.72. The van der Waals surface area contributed by atoms with E-state index in [0.717, 1.165) is 11.3 Å². The molecule has 0 saturated heterocycles. The van der Waals surface area contributed by atoms with Gasteiger partial charge < -0.3 is 10.7 Å². The van der Waals surface area contributed by atoms with Gasteiger partial charge in [-0.05, 0) is 19.1 Å². The van der Waals surface area contributed by atoms with E-state index in [1.54, 1.807) is 6.07 Å². The molecule has 0 aliphatic carbocycles. The molecule has 4 heteroatoms. The second-order valence-corrected chi connectivity index (χ2v) is 2.43. The van der Waals surface area contributed by atoms with Crippen LogP contribution in [0.15, 0.2) is 12.1 Å². The van der Waals surface area contributed by atoms with E-state index in [1.807, 2.05) is 26.8 Å². The van der Waals surface area contributed by atoms with Crippen molar-refractivity contribution in [2.45, 2.75) is 20.8 Å². The quantitative estimate of drug-likeness (QED) is 0.647. The Balaban J connectivity index is 0.000000396. The van der Waals surface area contributed by atoms with E-state index in [-0.39, 0.29) is 0 Å². The lowest BCUT2D eigenvalue weighted by molar-refractivity contribution is 1.16. The minimum absolute atomic E-state index is 0.504. The molecule has 2 rings (SSSR count). The minimum Gasteiger partial charge on any atom is -0.384 e. The van der Waals surface area contributed by atoms with Crippen molar-refractivity contribution in [1.29, 1.82) is 0 Å². The molecule has 2 heterocycles. The summed E-state index contributed by atoms with van der Waals surface area (Å²) in [4.78, 5) is 11.2. The van der Waals surface area contributed by atoms with Gasteiger partial charge in [0.05, 0.1) is 5.52 Å². The van der Waals surface area contributed by atoms with Crippen molar-refractivity contribution >= 4 is 17.0 Å². The number of H-pyrrole nitrogens is 1. The summed E-state index contributed by atoms with van der Waals surface area (Å²) in [6.45, 7) is 5.89. The van der Waals surface area contributed by atoms with Crippen LogP contribution in [0.1, 0.15) is 19.7 Å². The van der Waals surface area contributed by atoms with Gasteiger partial charge in [-0.1, -0.05) is 13.8 Å². The first-order valence-electron chi connectivity index (χ1n) is 4.34. The molecule has 0 amide bonds. The molecular weight excluding hydrogens is 164 g/mol. The van der Waals surface area contributed by atoms with Crippen molar-refractivity contribution in [1.82, 2.24) is 15.0 Å². The second kappa shape index (κ2) is 3.89. The fourth-order valence-corrected chi connectivity index (χ4v) is 1.03. The summed E-state index contributed by atoms with van der Waals surface area (Å²) < 4.78 is 0. The number of nitrogens with two attached hydrogens (primary N) is 1. The number of rotatable bonds is 0. The van der Waals surface area contributed by atoms with Crippen molar-refractivity contribution in [3.05, 3.63) is 18.0 Å². The third kappa shape index (κ3) is 1.96. The molecule has 4 nitrogen and oxygen atoms in total. The number of nitrogen functional groups attached to an aromatic ring is 1. The van der Waals surface area contributed by atoms with Crippen LogP contribution >= 0.6 is 0 Å². The zero-order chi connectivity index (χ0) is 9.84. The monoisotopic (exact) mass is 178 g/mol. The number of aromatic nitrogens is 3. The van der Waals surface area contributed by atoms with Crippen LogP contribution in [0, 0.1) is 6.92 Å². The molecule has 13 heavy (non-hydrogen) atoms. The number of anilines is 1. The van der Waals surface area contributed by atoms with Gasteiger partial charge >= 0.3 is 0 Å². The van der Waals surface area contributed by atoms with Crippen LogP contribution in [-0.4, -0.2) is 15.0 Å². The maximum atomic E-state index is 5.47. The van der Waals surface area contributed by atoms with Gasteiger partial charge in [0.15, 0.2) is 5.65 Å². The molecule has 0 saturated carbocycles. The fraction of sp³-hybridized carbons (Fsp3) is 0.333. The lowest BCUT2D eigenvalue weighted by Crippen LogP contribution is -1.88. The molecule has 0 atom stereocenters. The maximum absolute atomic E-state index is 5.47. The van der Waals surface area contributed by atoms with Crippen LogP contribution < -0.4 is 5.73 Å². The second-order valence-electron chi connectivity index (χ2n) is 2.43. The first-order valence-corrected chi connectivity index (χ1v) is 4.34. The number of nitrogens with zero attached hydrogens (tertiary/aromatic N) is 2. The van der Waals surface area contributed by atoms with Gasteiger partial charge in [0, 0.05) is 0 Å². The van der Waals surface area contributed by atoms with Crippen molar-refractivity contribution in [2.75, 3.05) is 5.73 Å². The molecule has 0 unspecified atom stereocenters. The van der Waals surface area contributed by atoms with Crippen LogP contribution in [0.3, 0.4) is 0 Å². The predicted molar refractivity (Wildman–Crippen MR) is 54.4 cm³/mol. The van der Waals surface area contributed by atoms with Crippen molar-refractivity contribution in [3.8, 4) is 0 Å². The number of nitrogens with one attached hydrogen (secondary N) is 1. The molecule has 0 aliphatic rings. The van der Waals surface area contributed by atoms with Crippen LogP contribution in [0.2, 0.25) is 0 Å². The zero-order valence-electron chi connectivity index (χ0n) is 8.13. The Morgan fingerprint density at radius 3 is 2.62 bits per heavy atom. The third-order valence-electron chi connectivity index (χ3n) is 1.49. The van der Waals surface area contributed by atoms with Crippen LogP contribution in [0.25, 0.3) is 11.2 Å². The van der Waals surface area contributed by atoms with E-state index in [9.17, 15) is 0 Å². The number of aryl methyl sites for hydroxylation is 1. The Bertz CT molecular complexity index is 391. The molecule has 0 spiro atoms. The average molecular weight is 178 g/mol. The predicted octanol–water partition coefficient (Wildman–Crippen LogP) is 1.87. The maximum Gasteiger partial charge on any atom is 0.179 e. The Labute approximate surface area is 77.2 Å². The number of imidazole rings is 1. The minimum atomic E-state index is 0.504. The zero-order valence-corrected chi connectivity index (χ0v) is 8.13. The molecule has 70 valence electrons. The molecule has 0 radical (unpaired) electrons. The molecule has 2 aromatic heterocycles. The largest absolute Gasteiger partial charge is 0.384 e. The number of hydrogen-bond donors (Lipinski definition) is 2. The van der Waals surface area contributed by atoms with E-state index < -0.39 is 0 Å². The van der Waals surface area contributed by atoms with E-state index >= 15 is 0 Å². The number of hydrogen-bond acceptors (Lipinski definition) is 3. The van der Waals surface area contributed by atoms with Crippen molar-refractivity contribution < 1.29 is 0 Å². The molecule has 0 aliphatic heterocycles. The lowest BCUT2D eigenvalue weighted by atomic mass is 10.4. The van der Waals surface area contributed by atoms with Crippen LogP contribution in [0.5, 0.6) is 0 Å². The smallest absolute Gasteiger partial charge is 0.179 e. The summed E-state index contributed by atoms with van der Waals surface area (Å²) in [7, 11) is 0. The van der Waals surface area contributed by atoms with Gasteiger partial charge in [-0.15, -0.1) is 0 Å². The standard InChI is InChI=1S/C7H8N4.C2H6/c1-4-9-5-2-3-6(8)11-7(5)10-4;1-2/h2-3H,1H3,(H3,8,9,10,11);1-2H3. The SMILES string of the molecule is CC.Cc1nc2nc(N)ccc2[nH]1. The van der Waals surface area contributed by atoms with E-state index in [2.05, 4.69) is 15.0 Å². The van der Waals surface area contributed by atoms with Crippen LogP contribution in [-0.2, 0) is 0 Å². The summed E-state index contributed by atoms with van der Waals surface area (Å²) >= 11 is 0. The first-order chi connectivity index (χ1) is 6.25. The van der Waals surface area contributed by atoms with Gasteiger partial charge in [0.25, 0.3) is 0 Å². The van der Waals surface area contributed by atoms with Crippen molar-refractivity contribution in [2.24, 2.45) is 0 Å². The van der Waals surface area contributed by atoms with E-state index in [1.165, 1.54) is 0 Å². The summed E-state index contributed by atoms with van der Waals surface area (Å²) in [5, 5.41) is 0. The highest BCUT2D eigenvalue weighted by atomic mass is 15.0. The molecule has 2 aromatic rings. The topological polar surface area (TPSA) is 67.6 Å². The summed E-state index contributed by atoms with van der Waals surface area (Å²) in [6.07, 6.45) is 0. The fourth-order valence-electron chi connectivity index (χ4n) is 1.03. The molecular formula is C9H14N4. The van der Waals surface area contributed by atoms with Crippen molar-refractivity contribution in [3.63, 3.8) is 0 Å². The average Bonchev–Trinajstić information content (AvgIpc) is 2.48. The summed E-state index contributed by atoms with van der Waals surface area (Å²) in [6, 6.07) is 3.62. The van der Waals surface area contributed by atoms with E-state index in [0.29, 0.717) is 11.5 Å². The Morgan fingerprint density at radius 1 is 1.23 bits per heavy atom. The number of fused-ring (bicyclic) bond motifs is 1. The van der Waals surface area contributed by atoms with Gasteiger partial charge in [0.2, 0.25) is 0 Å². The number of pyridine rings is 1. The third-order valence-corrected chi connectivity index (χ3v) is 1.49. The van der Waals surface area contributed by atoms with Gasteiger partial charge in [-0.25, -0.2) is 9.97 Å². The molecule has 3 N–H and O–H groups in total. The normalized spacial score (nSPS) is 9.46. The Kier molecular flexibility index (Phi) is 2.84. The summed E-state index contributed by atoms with van der Waals surface area (Å²) in [5.41, 5.74) is 7.08. The lowest BCUT2D eigenvalue weighted by Gasteiger charge is -1.88. The number of aromatic amines is 1. The molecule has 0 fully saturated rings. The Morgan fingerprint density at radius 2 is 1.92 bits per heavy atom. The highest BCUT2D eigenvalue weighted by Gasteiger charge is 1.98. The summed E-state index contributed by atoms with van der Waals surface area (Å²) in [5.74, 6) is 1.36. The molecule has 0 aromatic carbocycles. The highest BCUT2D eigenvalue weighted by Crippen LogP contribution is 2.09.